The highest BCUT2D eigenvalue weighted by Gasteiger charge is 2.27. The van der Waals surface area contributed by atoms with Gasteiger partial charge >= 0.3 is 0 Å². The van der Waals surface area contributed by atoms with Crippen LogP contribution in [0.3, 0.4) is 0 Å². The van der Waals surface area contributed by atoms with Gasteiger partial charge in [-0.25, -0.2) is 18.1 Å². The fourth-order valence-corrected chi connectivity index (χ4v) is 3.25. The Morgan fingerprint density at radius 1 is 1.60 bits per heavy atom. The molecule has 0 aromatic carbocycles. The van der Waals surface area contributed by atoms with Crippen LogP contribution in [0.1, 0.15) is 42.4 Å². The molecule has 1 fully saturated rings. The van der Waals surface area contributed by atoms with E-state index in [1.165, 1.54) is 12.8 Å². The van der Waals surface area contributed by atoms with Crippen LogP contribution in [0.25, 0.3) is 0 Å². The molecular formula is C9H14N2O2S2. The van der Waals surface area contributed by atoms with Gasteiger partial charge in [0.05, 0.1) is 23.0 Å². The molecule has 1 aromatic heterocycles. The molecule has 6 heteroatoms. The summed E-state index contributed by atoms with van der Waals surface area (Å²) in [5, 5.41) is 3.09. The summed E-state index contributed by atoms with van der Waals surface area (Å²) >= 11 is 1.63. The van der Waals surface area contributed by atoms with Crippen molar-refractivity contribution in [1.82, 2.24) is 9.71 Å². The number of aromatic nitrogens is 1. The minimum absolute atomic E-state index is 0.233. The summed E-state index contributed by atoms with van der Waals surface area (Å²) in [5.74, 6) is 0.634. The molecule has 2 rings (SSSR count). The Kier molecular flexibility index (Phi) is 2.83. The lowest BCUT2D eigenvalue weighted by Gasteiger charge is -2.08. The number of hydrogen-bond donors (Lipinski definition) is 1. The monoisotopic (exact) mass is 246 g/mol. The molecule has 4 nitrogen and oxygen atoms in total. The first-order chi connectivity index (χ1) is 6.96. The van der Waals surface area contributed by atoms with Crippen molar-refractivity contribution in [3.8, 4) is 0 Å². The molecule has 0 aliphatic heterocycles. The van der Waals surface area contributed by atoms with E-state index in [1.807, 2.05) is 12.3 Å². The average molecular weight is 246 g/mol. The van der Waals surface area contributed by atoms with E-state index in [9.17, 15) is 8.42 Å². The molecule has 0 saturated heterocycles. The van der Waals surface area contributed by atoms with Gasteiger partial charge in [0.1, 0.15) is 0 Å². The summed E-state index contributed by atoms with van der Waals surface area (Å²) in [7, 11) is -3.15. The van der Waals surface area contributed by atoms with Crippen molar-refractivity contribution >= 4 is 21.4 Å². The predicted octanol–water partition coefficient (Wildman–Crippen LogP) is 1.63. The Morgan fingerprint density at radius 2 is 2.27 bits per heavy atom. The van der Waals surface area contributed by atoms with Crippen LogP contribution in [0.4, 0.5) is 0 Å². The fraction of sp³-hybridized carbons (Fsp3) is 0.667. The zero-order chi connectivity index (χ0) is 11.1. The smallest absolute Gasteiger partial charge is 0.209 e. The van der Waals surface area contributed by atoms with Crippen LogP contribution in [0.2, 0.25) is 0 Å². The van der Waals surface area contributed by atoms with E-state index < -0.39 is 10.0 Å². The highest BCUT2D eigenvalue weighted by Crippen LogP contribution is 2.41. The number of rotatable bonds is 4. The zero-order valence-electron chi connectivity index (χ0n) is 8.73. The van der Waals surface area contributed by atoms with Crippen LogP contribution in [0.5, 0.6) is 0 Å². The van der Waals surface area contributed by atoms with Crippen molar-refractivity contribution in [2.24, 2.45) is 0 Å². The maximum Gasteiger partial charge on any atom is 0.209 e. The molecule has 0 spiro atoms. The highest BCUT2D eigenvalue weighted by molar-refractivity contribution is 7.88. The quantitative estimate of drug-likeness (QED) is 0.878. The van der Waals surface area contributed by atoms with Gasteiger partial charge in [0.2, 0.25) is 10.0 Å². The third kappa shape index (κ3) is 2.99. The molecule has 1 unspecified atom stereocenters. The van der Waals surface area contributed by atoms with Gasteiger partial charge in [-0.05, 0) is 19.8 Å². The summed E-state index contributed by atoms with van der Waals surface area (Å²) < 4.78 is 24.6. The summed E-state index contributed by atoms with van der Waals surface area (Å²) in [6.07, 6.45) is 3.61. The number of nitrogens with zero attached hydrogens (tertiary/aromatic N) is 1. The average Bonchev–Trinajstić information content (AvgIpc) is 2.81. The lowest BCUT2D eigenvalue weighted by atomic mass is 10.3. The van der Waals surface area contributed by atoms with Crippen molar-refractivity contribution in [3.63, 3.8) is 0 Å². The van der Waals surface area contributed by atoms with E-state index in [1.54, 1.807) is 11.3 Å². The van der Waals surface area contributed by atoms with E-state index in [-0.39, 0.29) is 6.04 Å². The van der Waals surface area contributed by atoms with E-state index >= 15 is 0 Å². The molecular weight excluding hydrogens is 232 g/mol. The Labute approximate surface area is 93.8 Å². The van der Waals surface area contributed by atoms with Crippen LogP contribution in [0, 0.1) is 0 Å². The van der Waals surface area contributed by atoms with Gasteiger partial charge in [-0.2, -0.15) is 0 Å². The van der Waals surface area contributed by atoms with Crippen LogP contribution >= 0.6 is 11.3 Å². The second kappa shape index (κ2) is 3.84. The van der Waals surface area contributed by atoms with E-state index in [2.05, 4.69) is 9.71 Å². The van der Waals surface area contributed by atoms with Crippen LogP contribution in [-0.4, -0.2) is 19.7 Å². The second-order valence-electron chi connectivity index (χ2n) is 4.00. The molecule has 1 heterocycles. The Morgan fingerprint density at radius 3 is 2.80 bits per heavy atom. The molecule has 1 atom stereocenters. The zero-order valence-corrected chi connectivity index (χ0v) is 10.4. The standard InChI is InChI=1S/C9H14N2O2S2/c1-6(11-15(2,12)13)8-5-14-9(10-8)7-3-4-7/h5-7,11H,3-4H2,1-2H3. The predicted molar refractivity (Wildman–Crippen MR) is 60.5 cm³/mol. The molecule has 1 saturated carbocycles. The third-order valence-corrected chi connectivity index (χ3v) is 4.11. The van der Waals surface area contributed by atoms with Gasteiger partial charge in [-0.3, -0.25) is 0 Å². The molecule has 0 amide bonds. The lowest BCUT2D eigenvalue weighted by Crippen LogP contribution is -2.25. The maximum absolute atomic E-state index is 11.0. The molecule has 15 heavy (non-hydrogen) atoms. The number of nitrogens with one attached hydrogen (secondary N) is 1. The number of sulfonamides is 1. The first kappa shape index (κ1) is 11.0. The summed E-state index contributed by atoms with van der Waals surface area (Å²) in [6.45, 7) is 1.81. The van der Waals surface area contributed by atoms with Crippen molar-refractivity contribution in [3.05, 3.63) is 16.1 Å². The lowest BCUT2D eigenvalue weighted by molar-refractivity contribution is 0.570. The van der Waals surface area contributed by atoms with Crippen molar-refractivity contribution in [2.75, 3.05) is 6.26 Å². The van der Waals surface area contributed by atoms with E-state index in [0.29, 0.717) is 5.92 Å². The second-order valence-corrected chi connectivity index (χ2v) is 6.67. The fourth-order valence-electron chi connectivity index (χ4n) is 1.40. The first-order valence-corrected chi connectivity index (χ1v) is 7.65. The molecule has 84 valence electrons. The third-order valence-electron chi connectivity index (χ3n) is 2.30. The minimum Gasteiger partial charge on any atom is -0.244 e. The highest BCUT2D eigenvalue weighted by atomic mass is 32.2. The largest absolute Gasteiger partial charge is 0.244 e. The van der Waals surface area contributed by atoms with Crippen LogP contribution in [0.15, 0.2) is 5.38 Å². The number of thiazole rings is 1. The van der Waals surface area contributed by atoms with Crippen LogP contribution in [-0.2, 0) is 10.0 Å². The van der Waals surface area contributed by atoms with E-state index in [4.69, 9.17) is 0 Å². The molecule has 1 aliphatic rings. The van der Waals surface area contributed by atoms with Crippen molar-refractivity contribution in [2.45, 2.75) is 31.7 Å². The Hall–Kier alpha value is -0.460. The van der Waals surface area contributed by atoms with Gasteiger partial charge in [0.15, 0.2) is 0 Å². The Balaban J connectivity index is 2.08. The summed E-state index contributed by atoms with van der Waals surface area (Å²) in [6, 6.07) is -0.233. The first-order valence-electron chi connectivity index (χ1n) is 4.88. The topological polar surface area (TPSA) is 59.1 Å². The molecule has 0 radical (unpaired) electrons. The van der Waals surface area contributed by atoms with Crippen molar-refractivity contribution < 1.29 is 8.42 Å². The number of hydrogen-bond acceptors (Lipinski definition) is 4. The van der Waals surface area contributed by atoms with Crippen LogP contribution < -0.4 is 4.72 Å². The Bertz CT molecular complexity index is 448. The van der Waals surface area contributed by atoms with Gasteiger partial charge in [0, 0.05) is 11.3 Å². The molecule has 1 aliphatic carbocycles. The van der Waals surface area contributed by atoms with E-state index in [0.717, 1.165) is 17.0 Å². The van der Waals surface area contributed by atoms with Gasteiger partial charge in [-0.1, -0.05) is 0 Å². The van der Waals surface area contributed by atoms with Gasteiger partial charge in [-0.15, -0.1) is 11.3 Å². The molecule has 1 N–H and O–H groups in total. The van der Waals surface area contributed by atoms with Gasteiger partial charge < -0.3 is 0 Å². The summed E-state index contributed by atoms with van der Waals surface area (Å²) in [4.78, 5) is 4.45. The van der Waals surface area contributed by atoms with Crippen molar-refractivity contribution in [1.29, 1.82) is 0 Å². The summed E-state index contributed by atoms with van der Waals surface area (Å²) in [5.41, 5.74) is 0.826. The maximum atomic E-state index is 11.0. The van der Waals surface area contributed by atoms with Gasteiger partial charge in [0.25, 0.3) is 0 Å². The minimum atomic E-state index is -3.15. The normalized spacial score (nSPS) is 19.1. The SMILES string of the molecule is CC(NS(C)(=O)=O)c1csc(C2CC2)n1. The molecule has 1 aromatic rings. The molecule has 0 bridgehead atoms.